The van der Waals surface area contributed by atoms with Crippen molar-refractivity contribution in [3.63, 3.8) is 0 Å². The number of aromatic nitrogens is 2. The first-order valence-electron chi connectivity index (χ1n) is 8.49. The van der Waals surface area contributed by atoms with Crippen LogP contribution in [-0.2, 0) is 4.79 Å². The van der Waals surface area contributed by atoms with Crippen molar-refractivity contribution in [1.82, 2.24) is 20.2 Å². The van der Waals surface area contributed by atoms with Gasteiger partial charge in [-0.25, -0.2) is 9.78 Å². The molecule has 2 atom stereocenters. The second-order valence-electron chi connectivity index (χ2n) is 6.41. The number of imidazole rings is 1. The van der Waals surface area contributed by atoms with Crippen LogP contribution in [0.4, 0.5) is 4.79 Å². The Bertz CT molecular complexity index is 743. The van der Waals surface area contributed by atoms with E-state index in [1.165, 1.54) is 0 Å². The number of primary amides is 1. The maximum absolute atomic E-state index is 12.0. The van der Waals surface area contributed by atoms with Gasteiger partial charge >= 0.3 is 6.03 Å². The lowest BCUT2D eigenvalue weighted by Gasteiger charge is -2.35. The van der Waals surface area contributed by atoms with Gasteiger partial charge in [-0.2, -0.15) is 0 Å². The van der Waals surface area contributed by atoms with Gasteiger partial charge in [-0.1, -0.05) is 30.3 Å². The third kappa shape index (κ3) is 4.06. The average molecular weight is 341 g/mol. The van der Waals surface area contributed by atoms with Crippen LogP contribution in [0, 0.1) is 0 Å². The van der Waals surface area contributed by atoms with Crippen LogP contribution in [0.3, 0.4) is 0 Å². The van der Waals surface area contributed by atoms with Gasteiger partial charge in [0.1, 0.15) is 5.82 Å². The van der Waals surface area contributed by atoms with Crippen molar-refractivity contribution >= 4 is 11.9 Å². The van der Waals surface area contributed by atoms with E-state index < -0.39 is 12.1 Å². The Morgan fingerprint density at radius 2 is 2.12 bits per heavy atom. The van der Waals surface area contributed by atoms with E-state index >= 15 is 0 Å². The molecule has 2 heterocycles. The first kappa shape index (κ1) is 17.2. The number of H-pyrrole nitrogens is 1. The molecule has 7 heteroatoms. The van der Waals surface area contributed by atoms with Gasteiger partial charge in [-0.3, -0.25) is 15.0 Å². The lowest BCUT2D eigenvalue weighted by atomic mass is 9.96. The molecular weight excluding hydrogens is 318 g/mol. The molecule has 0 aliphatic carbocycles. The number of imide groups is 1. The van der Waals surface area contributed by atoms with Crippen LogP contribution >= 0.6 is 0 Å². The molecule has 3 amide bonds. The van der Waals surface area contributed by atoms with Gasteiger partial charge in [0.25, 0.3) is 0 Å². The van der Waals surface area contributed by atoms with Crippen molar-refractivity contribution in [3.8, 4) is 11.3 Å². The van der Waals surface area contributed by atoms with E-state index in [0.717, 1.165) is 43.0 Å². The number of piperidine rings is 1. The highest BCUT2D eigenvalue weighted by molar-refractivity contribution is 5.96. The Labute approximate surface area is 146 Å². The molecule has 3 rings (SSSR count). The predicted octanol–water partition coefficient (Wildman–Crippen LogP) is 1.84. The fourth-order valence-electron chi connectivity index (χ4n) is 3.28. The Morgan fingerprint density at radius 1 is 1.36 bits per heavy atom. The highest BCUT2D eigenvalue weighted by Crippen LogP contribution is 2.28. The number of amides is 3. The number of hydrogen-bond acceptors (Lipinski definition) is 4. The van der Waals surface area contributed by atoms with Crippen LogP contribution in [0.1, 0.15) is 31.5 Å². The number of nitrogens with two attached hydrogens (primary N) is 1. The summed E-state index contributed by atoms with van der Waals surface area (Å²) >= 11 is 0. The third-order valence-corrected chi connectivity index (χ3v) is 4.69. The minimum Gasteiger partial charge on any atom is -0.351 e. The summed E-state index contributed by atoms with van der Waals surface area (Å²) in [6, 6.07) is 8.84. The fourth-order valence-corrected chi connectivity index (χ4v) is 3.28. The summed E-state index contributed by atoms with van der Waals surface area (Å²) in [6.07, 6.45) is 3.84. The van der Waals surface area contributed by atoms with Crippen molar-refractivity contribution in [2.24, 2.45) is 5.73 Å². The first-order chi connectivity index (χ1) is 12.0. The van der Waals surface area contributed by atoms with E-state index in [-0.39, 0.29) is 11.8 Å². The smallest absolute Gasteiger partial charge is 0.318 e. The molecule has 1 saturated heterocycles. The summed E-state index contributed by atoms with van der Waals surface area (Å²) in [4.78, 5) is 32.9. The zero-order valence-corrected chi connectivity index (χ0v) is 14.2. The zero-order chi connectivity index (χ0) is 17.8. The lowest BCUT2D eigenvalue weighted by molar-refractivity contribution is -0.125. The summed E-state index contributed by atoms with van der Waals surface area (Å²) < 4.78 is 0. The van der Waals surface area contributed by atoms with Crippen LogP contribution in [0.2, 0.25) is 0 Å². The fraction of sp³-hybridized carbons (Fsp3) is 0.389. The summed E-state index contributed by atoms with van der Waals surface area (Å²) in [5.74, 6) is 0.804. The van der Waals surface area contributed by atoms with E-state index in [2.05, 4.69) is 20.2 Å². The van der Waals surface area contributed by atoms with Gasteiger partial charge in [0.2, 0.25) is 5.91 Å². The van der Waals surface area contributed by atoms with Crippen LogP contribution in [0.5, 0.6) is 0 Å². The van der Waals surface area contributed by atoms with Gasteiger partial charge in [0.15, 0.2) is 0 Å². The van der Waals surface area contributed by atoms with Gasteiger partial charge in [0.05, 0.1) is 17.9 Å². The minimum absolute atomic E-state index is 0.232. The normalized spacial score (nSPS) is 19.3. The number of urea groups is 1. The number of nitrogens with one attached hydrogen (secondary N) is 2. The molecule has 1 aromatic heterocycles. The SMILES string of the molecule is CC(C(=O)NC(N)=O)N1CCCC(c2ncc(-c3ccccc3)[nH]2)C1. The Morgan fingerprint density at radius 3 is 2.84 bits per heavy atom. The minimum atomic E-state index is -0.816. The molecule has 132 valence electrons. The number of carbonyl (C=O) groups excluding carboxylic acids is 2. The molecule has 2 aromatic rings. The largest absolute Gasteiger partial charge is 0.351 e. The molecule has 1 aliphatic heterocycles. The Balaban J connectivity index is 1.68. The van der Waals surface area contributed by atoms with Gasteiger partial charge in [0, 0.05) is 12.5 Å². The number of rotatable bonds is 4. The summed E-state index contributed by atoms with van der Waals surface area (Å²) in [7, 11) is 0. The van der Waals surface area contributed by atoms with Crippen molar-refractivity contribution < 1.29 is 9.59 Å². The number of hydrogen-bond donors (Lipinski definition) is 3. The van der Waals surface area contributed by atoms with Crippen molar-refractivity contribution in [3.05, 3.63) is 42.4 Å². The van der Waals surface area contributed by atoms with E-state index in [1.54, 1.807) is 6.92 Å². The number of likely N-dealkylation sites (tertiary alicyclic amines) is 1. The summed E-state index contributed by atoms with van der Waals surface area (Å²) in [6.45, 7) is 3.32. The topological polar surface area (TPSA) is 104 Å². The van der Waals surface area contributed by atoms with E-state index in [1.807, 2.05) is 36.5 Å². The number of aromatic amines is 1. The molecular formula is C18H23N5O2. The van der Waals surface area contributed by atoms with Crippen LogP contribution < -0.4 is 11.1 Å². The standard InChI is InChI=1S/C18H23N5O2/c1-12(17(24)22-18(19)25)23-9-5-8-14(11-23)16-20-10-15(21-16)13-6-3-2-4-7-13/h2-4,6-7,10,12,14H,5,8-9,11H2,1H3,(H,20,21)(H3,19,22,24,25). The molecule has 2 unspecified atom stereocenters. The number of benzene rings is 1. The predicted molar refractivity (Wildman–Crippen MR) is 94.8 cm³/mol. The lowest BCUT2D eigenvalue weighted by Crippen LogP contribution is -2.51. The average Bonchev–Trinajstić information content (AvgIpc) is 3.11. The molecule has 0 bridgehead atoms. The third-order valence-electron chi connectivity index (χ3n) is 4.69. The van der Waals surface area contributed by atoms with Crippen molar-refractivity contribution in [2.75, 3.05) is 13.1 Å². The highest BCUT2D eigenvalue weighted by Gasteiger charge is 2.29. The van der Waals surface area contributed by atoms with Crippen LogP contribution in [-0.4, -0.2) is 45.9 Å². The van der Waals surface area contributed by atoms with Gasteiger partial charge < -0.3 is 10.7 Å². The van der Waals surface area contributed by atoms with E-state index in [9.17, 15) is 9.59 Å². The molecule has 25 heavy (non-hydrogen) atoms. The zero-order valence-electron chi connectivity index (χ0n) is 14.2. The maximum atomic E-state index is 12.0. The van der Waals surface area contributed by atoms with Crippen LogP contribution in [0.15, 0.2) is 36.5 Å². The molecule has 0 spiro atoms. The van der Waals surface area contributed by atoms with E-state index in [0.29, 0.717) is 0 Å². The second kappa shape index (κ2) is 7.48. The maximum Gasteiger partial charge on any atom is 0.318 e. The van der Waals surface area contributed by atoms with Crippen molar-refractivity contribution in [1.29, 1.82) is 0 Å². The molecule has 7 nitrogen and oxygen atoms in total. The quantitative estimate of drug-likeness (QED) is 0.789. The molecule has 4 N–H and O–H groups in total. The molecule has 1 fully saturated rings. The van der Waals surface area contributed by atoms with E-state index in [4.69, 9.17) is 5.73 Å². The first-order valence-corrected chi connectivity index (χ1v) is 8.49. The Kier molecular flexibility index (Phi) is 5.14. The van der Waals surface area contributed by atoms with Crippen molar-refractivity contribution in [2.45, 2.75) is 31.7 Å². The second-order valence-corrected chi connectivity index (χ2v) is 6.41. The monoisotopic (exact) mass is 341 g/mol. The molecule has 0 saturated carbocycles. The number of carbonyl (C=O) groups is 2. The molecule has 0 radical (unpaired) electrons. The van der Waals surface area contributed by atoms with Gasteiger partial charge in [-0.05, 0) is 31.9 Å². The van der Waals surface area contributed by atoms with Crippen LogP contribution in [0.25, 0.3) is 11.3 Å². The van der Waals surface area contributed by atoms with Gasteiger partial charge in [-0.15, -0.1) is 0 Å². The molecule has 1 aromatic carbocycles. The molecule has 1 aliphatic rings. The summed E-state index contributed by atoms with van der Waals surface area (Å²) in [5.41, 5.74) is 7.13. The number of nitrogens with zero attached hydrogens (tertiary/aromatic N) is 2. The Hall–Kier alpha value is -2.67. The summed E-state index contributed by atoms with van der Waals surface area (Å²) in [5, 5.41) is 2.15. The highest BCUT2D eigenvalue weighted by atomic mass is 16.2.